The Hall–Kier alpha value is -1.13. The van der Waals surface area contributed by atoms with Gasteiger partial charge in [-0.2, -0.15) is 0 Å². The number of aromatic nitrogens is 1. The fourth-order valence-corrected chi connectivity index (χ4v) is 2.39. The maximum absolute atomic E-state index is 5.52. The van der Waals surface area contributed by atoms with E-state index in [4.69, 9.17) is 4.74 Å². The molecule has 1 atom stereocenters. The van der Waals surface area contributed by atoms with Gasteiger partial charge in [-0.25, -0.2) is 4.98 Å². The highest BCUT2D eigenvalue weighted by Gasteiger charge is 2.16. The maximum atomic E-state index is 5.52. The van der Waals surface area contributed by atoms with Crippen molar-refractivity contribution in [2.24, 2.45) is 5.92 Å². The second kappa shape index (κ2) is 6.71. The number of rotatable bonds is 5. The lowest BCUT2D eigenvalue weighted by atomic mass is 10.0. The molecule has 0 aromatic carbocycles. The second-order valence-electron chi connectivity index (χ2n) is 4.98. The standard InChI is InChI=1S/C14H23N3O/c1-15-9-13-6-3-7-14(16-13)17(2)10-12-5-4-8-18-11-12/h3,6-7,12,15H,4-5,8-11H2,1-2H3. The average Bonchev–Trinajstić information content (AvgIpc) is 2.40. The number of nitrogens with one attached hydrogen (secondary N) is 1. The minimum absolute atomic E-state index is 0.638. The summed E-state index contributed by atoms with van der Waals surface area (Å²) in [6.45, 7) is 3.65. The summed E-state index contributed by atoms with van der Waals surface area (Å²) >= 11 is 0. The van der Waals surface area contributed by atoms with Crippen LogP contribution in [0.5, 0.6) is 0 Å². The van der Waals surface area contributed by atoms with Crippen LogP contribution in [0.15, 0.2) is 18.2 Å². The van der Waals surface area contributed by atoms with Gasteiger partial charge in [0.05, 0.1) is 12.3 Å². The first-order chi connectivity index (χ1) is 8.79. The number of anilines is 1. The van der Waals surface area contributed by atoms with E-state index < -0.39 is 0 Å². The Morgan fingerprint density at radius 3 is 3.11 bits per heavy atom. The normalized spacial score (nSPS) is 19.8. The van der Waals surface area contributed by atoms with E-state index in [1.807, 2.05) is 7.05 Å². The third-order valence-electron chi connectivity index (χ3n) is 3.33. The van der Waals surface area contributed by atoms with Crippen molar-refractivity contribution in [3.63, 3.8) is 0 Å². The molecule has 4 heteroatoms. The van der Waals surface area contributed by atoms with E-state index in [-0.39, 0.29) is 0 Å². The monoisotopic (exact) mass is 249 g/mol. The quantitative estimate of drug-likeness (QED) is 0.861. The van der Waals surface area contributed by atoms with Crippen LogP contribution < -0.4 is 10.2 Å². The minimum atomic E-state index is 0.638. The molecular formula is C14H23N3O. The molecule has 0 radical (unpaired) electrons. The molecule has 1 aromatic heterocycles. The number of hydrogen-bond acceptors (Lipinski definition) is 4. The third kappa shape index (κ3) is 3.68. The highest BCUT2D eigenvalue weighted by molar-refractivity contribution is 5.38. The molecule has 0 bridgehead atoms. The van der Waals surface area contributed by atoms with Crippen molar-refractivity contribution in [3.8, 4) is 0 Å². The summed E-state index contributed by atoms with van der Waals surface area (Å²) in [6, 6.07) is 6.20. The van der Waals surface area contributed by atoms with Crippen molar-refractivity contribution < 1.29 is 4.74 Å². The summed E-state index contributed by atoms with van der Waals surface area (Å²) in [5, 5.41) is 3.13. The van der Waals surface area contributed by atoms with Gasteiger partial charge in [0.15, 0.2) is 0 Å². The van der Waals surface area contributed by atoms with Crippen molar-refractivity contribution in [1.29, 1.82) is 0 Å². The van der Waals surface area contributed by atoms with Gasteiger partial charge in [-0.05, 0) is 37.9 Å². The Labute approximate surface area is 109 Å². The predicted molar refractivity (Wildman–Crippen MR) is 73.8 cm³/mol. The Kier molecular flexibility index (Phi) is 4.96. The summed E-state index contributed by atoms with van der Waals surface area (Å²) in [5.41, 5.74) is 1.08. The van der Waals surface area contributed by atoms with E-state index in [9.17, 15) is 0 Å². The number of hydrogen-bond donors (Lipinski definition) is 1. The molecule has 0 spiro atoms. The summed E-state index contributed by atoms with van der Waals surface area (Å²) in [4.78, 5) is 6.89. The van der Waals surface area contributed by atoms with Crippen LogP contribution in [0.2, 0.25) is 0 Å². The first-order valence-electron chi connectivity index (χ1n) is 6.69. The van der Waals surface area contributed by atoms with Crippen molar-refractivity contribution in [2.45, 2.75) is 19.4 Å². The molecule has 1 aliphatic heterocycles. The van der Waals surface area contributed by atoms with Crippen molar-refractivity contribution in [3.05, 3.63) is 23.9 Å². The van der Waals surface area contributed by atoms with Crippen LogP contribution in [0.1, 0.15) is 18.5 Å². The zero-order valence-electron chi connectivity index (χ0n) is 11.4. The molecule has 1 aliphatic rings. The Bertz CT molecular complexity index is 364. The maximum Gasteiger partial charge on any atom is 0.128 e. The lowest BCUT2D eigenvalue weighted by Crippen LogP contribution is -2.31. The lowest BCUT2D eigenvalue weighted by molar-refractivity contribution is 0.0576. The molecule has 100 valence electrons. The molecular weight excluding hydrogens is 226 g/mol. The molecule has 1 N–H and O–H groups in total. The fourth-order valence-electron chi connectivity index (χ4n) is 2.39. The molecule has 0 saturated carbocycles. The molecule has 1 aromatic rings. The number of nitrogens with zero attached hydrogens (tertiary/aromatic N) is 2. The fraction of sp³-hybridized carbons (Fsp3) is 0.643. The number of pyridine rings is 1. The zero-order valence-corrected chi connectivity index (χ0v) is 11.4. The van der Waals surface area contributed by atoms with Crippen molar-refractivity contribution in [1.82, 2.24) is 10.3 Å². The number of ether oxygens (including phenoxy) is 1. The van der Waals surface area contributed by atoms with Crippen molar-refractivity contribution in [2.75, 3.05) is 38.8 Å². The predicted octanol–water partition coefficient (Wildman–Crippen LogP) is 1.66. The van der Waals surface area contributed by atoms with Gasteiger partial charge in [0.1, 0.15) is 5.82 Å². The molecule has 18 heavy (non-hydrogen) atoms. The largest absolute Gasteiger partial charge is 0.381 e. The third-order valence-corrected chi connectivity index (χ3v) is 3.33. The Balaban J connectivity index is 1.94. The van der Waals surface area contributed by atoms with Gasteiger partial charge in [-0.3, -0.25) is 0 Å². The highest BCUT2D eigenvalue weighted by atomic mass is 16.5. The zero-order chi connectivity index (χ0) is 12.8. The summed E-state index contributed by atoms with van der Waals surface area (Å²) in [6.07, 6.45) is 2.45. The summed E-state index contributed by atoms with van der Waals surface area (Å²) in [5.74, 6) is 1.69. The second-order valence-corrected chi connectivity index (χ2v) is 4.98. The van der Waals surface area contributed by atoms with E-state index in [1.165, 1.54) is 12.8 Å². The summed E-state index contributed by atoms with van der Waals surface area (Å²) in [7, 11) is 4.05. The highest BCUT2D eigenvalue weighted by Crippen LogP contribution is 2.17. The molecule has 2 heterocycles. The van der Waals surface area contributed by atoms with Gasteiger partial charge < -0.3 is 15.0 Å². The van der Waals surface area contributed by atoms with E-state index in [0.29, 0.717) is 5.92 Å². The first-order valence-corrected chi connectivity index (χ1v) is 6.69. The molecule has 1 fully saturated rings. The van der Waals surface area contributed by atoms with Crippen LogP contribution in [-0.4, -0.2) is 38.8 Å². The van der Waals surface area contributed by atoms with Gasteiger partial charge in [0, 0.05) is 26.7 Å². The molecule has 2 rings (SSSR count). The van der Waals surface area contributed by atoms with E-state index in [2.05, 4.69) is 40.4 Å². The molecule has 1 unspecified atom stereocenters. The molecule has 0 aliphatic carbocycles. The van der Waals surface area contributed by atoms with Crippen LogP contribution in [0.4, 0.5) is 5.82 Å². The van der Waals surface area contributed by atoms with Crippen LogP contribution >= 0.6 is 0 Å². The Morgan fingerprint density at radius 1 is 1.50 bits per heavy atom. The van der Waals surface area contributed by atoms with Gasteiger partial charge in [-0.1, -0.05) is 6.07 Å². The van der Waals surface area contributed by atoms with E-state index in [0.717, 1.165) is 37.8 Å². The van der Waals surface area contributed by atoms with Crippen LogP contribution in [-0.2, 0) is 11.3 Å². The average molecular weight is 249 g/mol. The van der Waals surface area contributed by atoms with Gasteiger partial charge in [0.25, 0.3) is 0 Å². The SMILES string of the molecule is CNCc1cccc(N(C)CC2CCCOC2)n1. The minimum Gasteiger partial charge on any atom is -0.381 e. The van der Waals surface area contributed by atoms with E-state index >= 15 is 0 Å². The van der Waals surface area contributed by atoms with E-state index in [1.54, 1.807) is 0 Å². The summed E-state index contributed by atoms with van der Waals surface area (Å²) < 4.78 is 5.52. The van der Waals surface area contributed by atoms with Crippen LogP contribution in [0.3, 0.4) is 0 Å². The topological polar surface area (TPSA) is 37.4 Å². The van der Waals surface area contributed by atoms with Gasteiger partial charge in [0.2, 0.25) is 0 Å². The molecule has 0 amide bonds. The van der Waals surface area contributed by atoms with Gasteiger partial charge >= 0.3 is 0 Å². The van der Waals surface area contributed by atoms with Crippen LogP contribution in [0, 0.1) is 5.92 Å². The molecule has 1 saturated heterocycles. The molecule has 4 nitrogen and oxygen atoms in total. The Morgan fingerprint density at radius 2 is 2.39 bits per heavy atom. The lowest BCUT2D eigenvalue weighted by Gasteiger charge is -2.27. The van der Waals surface area contributed by atoms with Gasteiger partial charge in [-0.15, -0.1) is 0 Å². The van der Waals surface area contributed by atoms with Crippen LogP contribution in [0.25, 0.3) is 0 Å². The van der Waals surface area contributed by atoms with Crippen molar-refractivity contribution >= 4 is 5.82 Å². The first kappa shape index (κ1) is 13.3. The smallest absolute Gasteiger partial charge is 0.128 e.